The third-order valence-corrected chi connectivity index (χ3v) is 4.32. The summed E-state index contributed by atoms with van der Waals surface area (Å²) in [5.74, 6) is 0.834. The Kier molecular flexibility index (Phi) is 6.05. The lowest BCUT2D eigenvalue weighted by molar-refractivity contribution is 0.0953. The molecule has 0 bridgehead atoms. The molecule has 3 aromatic rings. The van der Waals surface area contributed by atoms with Gasteiger partial charge in [-0.1, -0.05) is 54.6 Å². The van der Waals surface area contributed by atoms with E-state index in [4.69, 9.17) is 4.74 Å². The van der Waals surface area contributed by atoms with Crippen molar-refractivity contribution in [3.05, 3.63) is 90.0 Å². The fourth-order valence-corrected chi connectivity index (χ4v) is 2.87. The second-order valence-corrected chi connectivity index (χ2v) is 6.15. The lowest BCUT2D eigenvalue weighted by atomic mass is 10.0. The molecule has 3 nitrogen and oxygen atoms in total. The Hall–Kier alpha value is -3.07. The van der Waals surface area contributed by atoms with Crippen molar-refractivity contribution in [2.45, 2.75) is 12.8 Å². The number of ether oxygens (including phenoxy) is 1. The van der Waals surface area contributed by atoms with E-state index >= 15 is 0 Å². The van der Waals surface area contributed by atoms with Crippen LogP contribution >= 0.6 is 0 Å². The zero-order valence-corrected chi connectivity index (χ0v) is 14.9. The van der Waals surface area contributed by atoms with E-state index in [9.17, 15) is 4.79 Å². The molecule has 1 amide bonds. The Balaban J connectivity index is 1.49. The molecule has 26 heavy (non-hydrogen) atoms. The first kappa shape index (κ1) is 17.7. The normalized spacial score (nSPS) is 10.3. The van der Waals surface area contributed by atoms with Crippen molar-refractivity contribution in [1.82, 2.24) is 5.32 Å². The zero-order chi connectivity index (χ0) is 18.2. The Morgan fingerprint density at radius 2 is 1.62 bits per heavy atom. The van der Waals surface area contributed by atoms with E-state index in [1.165, 1.54) is 5.56 Å². The van der Waals surface area contributed by atoms with E-state index in [2.05, 4.69) is 23.5 Å². The van der Waals surface area contributed by atoms with Gasteiger partial charge in [0.2, 0.25) is 0 Å². The maximum absolute atomic E-state index is 12.3. The topological polar surface area (TPSA) is 38.3 Å². The third-order valence-electron chi connectivity index (χ3n) is 4.32. The molecule has 0 unspecified atom stereocenters. The van der Waals surface area contributed by atoms with Crippen molar-refractivity contribution in [3.63, 3.8) is 0 Å². The van der Waals surface area contributed by atoms with E-state index in [1.54, 1.807) is 7.11 Å². The minimum absolute atomic E-state index is 0.0322. The fraction of sp³-hybridized carbons (Fsp3) is 0.174. The van der Waals surface area contributed by atoms with E-state index in [1.807, 2.05) is 60.7 Å². The van der Waals surface area contributed by atoms with Gasteiger partial charge >= 0.3 is 0 Å². The first-order valence-corrected chi connectivity index (χ1v) is 8.83. The maximum Gasteiger partial charge on any atom is 0.251 e. The molecule has 1 N–H and O–H groups in total. The fourth-order valence-electron chi connectivity index (χ4n) is 2.87. The molecule has 3 rings (SSSR count). The number of hydrogen-bond donors (Lipinski definition) is 1. The van der Waals surface area contributed by atoms with Crippen LogP contribution in [0.5, 0.6) is 5.75 Å². The highest BCUT2D eigenvalue weighted by Crippen LogP contribution is 2.19. The van der Waals surface area contributed by atoms with Crippen LogP contribution in [0.4, 0.5) is 0 Å². The van der Waals surface area contributed by atoms with Crippen LogP contribution in [0, 0.1) is 0 Å². The zero-order valence-electron chi connectivity index (χ0n) is 14.9. The molecule has 3 aromatic carbocycles. The van der Waals surface area contributed by atoms with Crippen molar-refractivity contribution in [2.75, 3.05) is 13.7 Å². The molecule has 0 fully saturated rings. The van der Waals surface area contributed by atoms with Gasteiger partial charge in [0.1, 0.15) is 5.75 Å². The monoisotopic (exact) mass is 345 g/mol. The van der Waals surface area contributed by atoms with Crippen molar-refractivity contribution in [2.24, 2.45) is 0 Å². The largest absolute Gasteiger partial charge is 0.497 e. The molecule has 0 saturated heterocycles. The van der Waals surface area contributed by atoms with Gasteiger partial charge < -0.3 is 10.1 Å². The van der Waals surface area contributed by atoms with Crippen LogP contribution in [0.2, 0.25) is 0 Å². The van der Waals surface area contributed by atoms with Crippen LogP contribution in [-0.2, 0) is 6.42 Å². The van der Waals surface area contributed by atoms with Crippen molar-refractivity contribution >= 4 is 5.91 Å². The highest BCUT2D eigenvalue weighted by molar-refractivity contribution is 5.94. The number of hydrogen-bond acceptors (Lipinski definition) is 2. The third kappa shape index (κ3) is 4.73. The number of nitrogens with one attached hydrogen (secondary N) is 1. The SMILES string of the molecule is COc1cccc(CCCNC(=O)c2ccc(-c3ccccc3)cc2)c1. The van der Waals surface area contributed by atoms with Crippen LogP contribution < -0.4 is 10.1 Å². The van der Waals surface area contributed by atoms with Crippen LogP contribution in [0.25, 0.3) is 11.1 Å². The maximum atomic E-state index is 12.3. The molecule has 0 atom stereocenters. The Bertz CT molecular complexity index is 842. The Morgan fingerprint density at radius 1 is 0.885 bits per heavy atom. The molecule has 0 aliphatic carbocycles. The standard InChI is InChI=1S/C23H23NO2/c1-26-22-11-5-7-18(17-22)8-6-16-24-23(25)21-14-12-20(13-15-21)19-9-3-2-4-10-19/h2-5,7,9-15,17H,6,8,16H2,1H3,(H,24,25). The second-order valence-electron chi connectivity index (χ2n) is 6.15. The molecule has 0 heterocycles. The van der Waals surface area contributed by atoms with Gasteiger partial charge in [-0.3, -0.25) is 4.79 Å². The van der Waals surface area contributed by atoms with Gasteiger partial charge in [-0.05, 0) is 53.8 Å². The van der Waals surface area contributed by atoms with E-state index in [0.717, 1.165) is 29.7 Å². The van der Waals surface area contributed by atoms with Gasteiger partial charge in [0.15, 0.2) is 0 Å². The van der Waals surface area contributed by atoms with Crippen molar-refractivity contribution in [3.8, 4) is 16.9 Å². The highest BCUT2D eigenvalue weighted by Gasteiger charge is 2.05. The Morgan fingerprint density at radius 3 is 2.35 bits per heavy atom. The molecule has 0 saturated carbocycles. The molecule has 0 aliphatic heterocycles. The van der Waals surface area contributed by atoms with Crippen LogP contribution in [-0.4, -0.2) is 19.6 Å². The van der Waals surface area contributed by atoms with Gasteiger partial charge in [0.25, 0.3) is 5.91 Å². The van der Waals surface area contributed by atoms with Crippen molar-refractivity contribution in [1.29, 1.82) is 0 Å². The summed E-state index contributed by atoms with van der Waals surface area (Å²) in [6.45, 7) is 0.649. The number of methoxy groups -OCH3 is 1. The van der Waals surface area contributed by atoms with Crippen LogP contribution in [0.3, 0.4) is 0 Å². The van der Waals surface area contributed by atoms with Gasteiger partial charge in [-0.2, -0.15) is 0 Å². The molecule has 0 spiro atoms. The molecular formula is C23H23NO2. The summed E-state index contributed by atoms with van der Waals surface area (Å²) in [6.07, 6.45) is 1.80. The van der Waals surface area contributed by atoms with Gasteiger partial charge in [0, 0.05) is 12.1 Å². The average Bonchev–Trinajstić information content (AvgIpc) is 2.72. The first-order chi connectivity index (χ1) is 12.8. The number of benzene rings is 3. The van der Waals surface area contributed by atoms with Crippen LogP contribution in [0.1, 0.15) is 22.3 Å². The minimum atomic E-state index is -0.0322. The summed E-state index contributed by atoms with van der Waals surface area (Å²) >= 11 is 0. The summed E-state index contributed by atoms with van der Waals surface area (Å²) in [7, 11) is 1.67. The lowest BCUT2D eigenvalue weighted by Gasteiger charge is -2.07. The predicted molar refractivity (Wildman–Crippen MR) is 106 cm³/mol. The summed E-state index contributed by atoms with van der Waals surface area (Å²) in [6, 6.07) is 25.9. The first-order valence-electron chi connectivity index (χ1n) is 8.83. The predicted octanol–water partition coefficient (Wildman–Crippen LogP) is 4.72. The molecular weight excluding hydrogens is 322 g/mol. The van der Waals surface area contributed by atoms with Crippen molar-refractivity contribution < 1.29 is 9.53 Å². The quantitative estimate of drug-likeness (QED) is 0.629. The second kappa shape index (κ2) is 8.86. The van der Waals surface area contributed by atoms with E-state index < -0.39 is 0 Å². The molecule has 3 heteroatoms. The average molecular weight is 345 g/mol. The Labute approximate surface area is 154 Å². The van der Waals surface area contributed by atoms with Gasteiger partial charge in [0.05, 0.1) is 7.11 Å². The number of carbonyl (C=O) groups is 1. The molecule has 132 valence electrons. The van der Waals surface area contributed by atoms with E-state index in [0.29, 0.717) is 12.1 Å². The highest BCUT2D eigenvalue weighted by atomic mass is 16.5. The molecule has 0 aromatic heterocycles. The summed E-state index contributed by atoms with van der Waals surface area (Å²) in [4.78, 5) is 12.3. The molecule has 0 radical (unpaired) electrons. The number of carbonyl (C=O) groups excluding carboxylic acids is 1. The lowest BCUT2D eigenvalue weighted by Crippen LogP contribution is -2.24. The number of rotatable bonds is 7. The van der Waals surface area contributed by atoms with E-state index in [-0.39, 0.29) is 5.91 Å². The minimum Gasteiger partial charge on any atom is -0.497 e. The summed E-state index contributed by atoms with van der Waals surface area (Å²) < 4.78 is 5.23. The number of aryl methyl sites for hydroxylation is 1. The number of amides is 1. The smallest absolute Gasteiger partial charge is 0.251 e. The summed E-state index contributed by atoms with van der Waals surface area (Å²) in [5, 5.41) is 2.99. The van der Waals surface area contributed by atoms with Crippen LogP contribution in [0.15, 0.2) is 78.9 Å². The van der Waals surface area contributed by atoms with Gasteiger partial charge in [-0.15, -0.1) is 0 Å². The van der Waals surface area contributed by atoms with Gasteiger partial charge in [-0.25, -0.2) is 0 Å². The molecule has 0 aliphatic rings. The summed E-state index contributed by atoms with van der Waals surface area (Å²) in [5.41, 5.74) is 4.16.